The zero-order valence-corrected chi connectivity index (χ0v) is 18.5. The minimum atomic E-state index is -0.249. The number of carbonyl (C=O) groups is 1. The summed E-state index contributed by atoms with van der Waals surface area (Å²) >= 11 is 6.10. The standard InChI is InChI=1S/C23H30ClNO3/c1-22(2,3)15-8-10-19(17(12-15)23(4,5)6)28-14-21(26)25-16-9-11-20(27-7)18(24)13-16/h8-13H,14H2,1-7H3,(H,25,26). The van der Waals surface area contributed by atoms with Crippen LogP contribution >= 0.6 is 11.6 Å². The van der Waals surface area contributed by atoms with E-state index in [-0.39, 0.29) is 23.3 Å². The normalized spacial score (nSPS) is 11.9. The third-order valence-electron chi connectivity index (χ3n) is 4.45. The molecule has 1 N–H and O–H groups in total. The first-order valence-corrected chi connectivity index (χ1v) is 9.71. The van der Waals surface area contributed by atoms with Crippen molar-refractivity contribution in [3.05, 3.63) is 52.5 Å². The highest BCUT2D eigenvalue weighted by Crippen LogP contribution is 2.35. The van der Waals surface area contributed by atoms with Gasteiger partial charge in [-0.2, -0.15) is 0 Å². The van der Waals surface area contributed by atoms with Crippen LogP contribution in [0.3, 0.4) is 0 Å². The topological polar surface area (TPSA) is 47.6 Å². The third-order valence-corrected chi connectivity index (χ3v) is 4.74. The van der Waals surface area contributed by atoms with E-state index in [9.17, 15) is 4.79 Å². The molecular formula is C23H30ClNO3. The number of nitrogens with one attached hydrogen (secondary N) is 1. The molecule has 0 fully saturated rings. The van der Waals surface area contributed by atoms with Crippen LogP contribution in [0.15, 0.2) is 36.4 Å². The van der Waals surface area contributed by atoms with Crippen LogP contribution in [0.1, 0.15) is 52.7 Å². The second-order valence-electron chi connectivity index (χ2n) is 8.90. The van der Waals surface area contributed by atoms with Crippen LogP contribution in [0.5, 0.6) is 11.5 Å². The molecule has 2 rings (SSSR count). The minimum absolute atomic E-state index is 0.0452. The molecule has 2 aromatic carbocycles. The van der Waals surface area contributed by atoms with Gasteiger partial charge in [0.15, 0.2) is 6.61 Å². The maximum absolute atomic E-state index is 12.3. The van der Waals surface area contributed by atoms with E-state index in [1.54, 1.807) is 25.3 Å². The van der Waals surface area contributed by atoms with Crippen molar-refractivity contribution in [3.8, 4) is 11.5 Å². The first-order valence-electron chi connectivity index (χ1n) is 9.33. The molecule has 0 bridgehead atoms. The highest BCUT2D eigenvalue weighted by Gasteiger charge is 2.23. The van der Waals surface area contributed by atoms with Gasteiger partial charge in [0.05, 0.1) is 12.1 Å². The lowest BCUT2D eigenvalue weighted by Gasteiger charge is -2.27. The predicted molar refractivity (Wildman–Crippen MR) is 116 cm³/mol. The number of benzene rings is 2. The van der Waals surface area contributed by atoms with Crippen molar-refractivity contribution >= 4 is 23.2 Å². The number of amides is 1. The van der Waals surface area contributed by atoms with Gasteiger partial charge in [-0.05, 0) is 46.2 Å². The van der Waals surface area contributed by atoms with Gasteiger partial charge >= 0.3 is 0 Å². The molecule has 0 radical (unpaired) electrons. The molecule has 1 amide bonds. The molecule has 0 unspecified atom stereocenters. The Morgan fingerprint density at radius 1 is 0.964 bits per heavy atom. The van der Waals surface area contributed by atoms with E-state index in [1.165, 1.54) is 5.56 Å². The number of ether oxygens (including phenoxy) is 2. The quantitative estimate of drug-likeness (QED) is 0.669. The smallest absolute Gasteiger partial charge is 0.262 e. The fourth-order valence-electron chi connectivity index (χ4n) is 2.79. The molecule has 0 saturated heterocycles. The minimum Gasteiger partial charge on any atom is -0.495 e. The van der Waals surface area contributed by atoms with Crippen molar-refractivity contribution in [1.29, 1.82) is 0 Å². The maximum Gasteiger partial charge on any atom is 0.262 e. The van der Waals surface area contributed by atoms with Crippen LogP contribution in [-0.4, -0.2) is 19.6 Å². The lowest BCUT2D eigenvalue weighted by Crippen LogP contribution is -2.22. The molecule has 0 saturated carbocycles. The number of halogens is 1. The van der Waals surface area contributed by atoms with Gasteiger partial charge in [-0.15, -0.1) is 0 Å². The average molecular weight is 404 g/mol. The molecule has 0 aromatic heterocycles. The second kappa shape index (κ2) is 8.44. The SMILES string of the molecule is COc1ccc(NC(=O)COc2ccc(C(C)(C)C)cc2C(C)(C)C)cc1Cl. The zero-order chi connectivity index (χ0) is 21.1. The van der Waals surface area contributed by atoms with Gasteiger partial charge in [-0.3, -0.25) is 4.79 Å². The van der Waals surface area contributed by atoms with Crippen LogP contribution in [0.4, 0.5) is 5.69 Å². The summed E-state index contributed by atoms with van der Waals surface area (Å²) in [5, 5.41) is 3.23. The van der Waals surface area contributed by atoms with Crippen LogP contribution in [0, 0.1) is 0 Å². The summed E-state index contributed by atoms with van der Waals surface area (Å²) in [7, 11) is 1.55. The van der Waals surface area contributed by atoms with Crippen molar-refractivity contribution in [2.24, 2.45) is 0 Å². The highest BCUT2D eigenvalue weighted by atomic mass is 35.5. The van der Waals surface area contributed by atoms with Crippen molar-refractivity contribution < 1.29 is 14.3 Å². The van der Waals surface area contributed by atoms with Gasteiger partial charge in [-0.25, -0.2) is 0 Å². The zero-order valence-electron chi connectivity index (χ0n) is 17.8. The van der Waals surface area contributed by atoms with Crippen LogP contribution in [0.25, 0.3) is 0 Å². The lowest BCUT2D eigenvalue weighted by molar-refractivity contribution is -0.118. The Balaban J connectivity index is 2.13. The van der Waals surface area contributed by atoms with E-state index < -0.39 is 0 Å². The van der Waals surface area contributed by atoms with Crippen LogP contribution in [0.2, 0.25) is 5.02 Å². The van der Waals surface area contributed by atoms with Gasteiger partial charge in [0.2, 0.25) is 0 Å². The van der Waals surface area contributed by atoms with Crippen LogP contribution < -0.4 is 14.8 Å². The molecule has 5 heteroatoms. The second-order valence-corrected chi connectivity index (χ2v) is 9.30. The van der Waals surface area contributed by atoms with E-state index in [0.717, 1.165) is 11.3 Å². The summed E-state index contributed by atoms with van der Waals surface area (Å²) in [4.78, 5) is 12.3. The molecule has 152 valence electrons. The summed E-state index contributed by atoms with van der Waals surface area (Å²) in [6, 6.07) is 11.3. The first kappa shape index (κ1) is 22.1. The molecule has 0 aliphatic carbocycles. The third kappa shape index (κ3) is 5.65. The number of anilines is 1. The fourth-order valence-corrected chi connectivity index (χ4v) is 3.05. The molecule has 0 aliphatic rings. The number of carbonyl (C=O) groups excluding carboxylic acids is 1. The predicted octanol–water partition coefficient (Wildman–Crippen LogP) is 5.96. The largest absolute Gasteiger partial charge is 0.495 e. The summed E-state index contributed by atoms with van der Waals surface area (Å²) in [6.07, 6.45) is 0. The Bertz CT molecular complexity index is 848. The monoisotopic (exact) mass is 403 g/mol. The maximum atomic E-state index is 12.3. The van der Waals surface area contributed by atoms with E-state index in [0.29, 0.717) is 16.5 Å². The van der Waals surface area contributed by atoms with E-state index >= 15 is 0 Å². The molecule has 4 nitrogen and oxygen atoms in total. The van der Waals surface area contributed by atoms with Gasteiger partial charge in [0.25, 0.3) is 5.91 Å². The number of hydrogen-bond donors (Lipinski definition) is 1. The molecule has 28 heavy (non-hydrogen) atoms. The first-order chi connectivity index (χ1) is 12.9. The summed E-state index contributed by atoms with van der Waals surface area (Å²) in [5.41, 5.74) is 2.86. The highest BCUT2D eigenvalue weighted by molar-refractivity contribution is 6.32. The van der Waals surface area contributed by atoms with Crippen molar-refractivity contribution in [3.63, 3.8) is 0 Å². The lowest BCUT2D eigenvalue weighted by atomic mass is 9.80. The summed E-state index contributed by atoms with van der Waals surface area (Å²) in [5.74, 6) is 1.04. The molecule has 2 aromatic rings. The Hall–Kier alpha value is -2.20. The molecule has 0 heterocycles. The number of rotatable bonds is 5. The summed E-state index contributed by atoms with van der Waals surface area (Å²) < 4.78 is 11.0. The van der Waals surface area contributed by atoms with E-state index in [1.807, 2.05) is 6.07 Å². The fraction of sp³-hybridized carbons (Fsp3) is 0.435. The Kier molecular flexibility index (Phi) is 6.66. The van der Waals surface area contributed by atoms with Gasteiger partial charge in [-0.1, -0.05) is 65.3 Å². The summed E-state index contributed by atoms with van der Waals surface area (Å²) in [6.45, 7) is 12.9. The van der Waals surface area contributed by atoms with Crippen LogP contribution in [-0.2, 0) is 15.6 Å². The van der Waals surface area contributed by atoms with E-state index in [2.05, 4.69) is 59.0 Å². The molecule has 0 atom stereocenters. The van der Waals surface area contributed by atoms with Crippen molar-refractivity contribution in [2.75, 3.05) is 19.0 Å². The van der Waals surface area contributed by atoms with Gasteiger partial charge in [0, 0.05) is 5.69 Å². The number of hydrogen-bond acceptors (Lipinski definition) is 3. The number of methoxy groups -OCH3 is 1. The molecule has 0 aliphatic heterocycles. The Labute approximate surface area is 173 Å². The molecular weight excluding hydrogens is 374 g/mol. The Morgan fingerprint density at radius 2 is 1.61 bits per heavy atom. The van der Waals surface area contributed by atoms with Gasteiger partial charge < -0.3 is 14.8 Å². The molecule has 0 spiro atoms. The van der Waals surface area contributed by atoms with Gasteiger partial charge in [0.1, 0.15) is 11.5 Å². The Morgan fingerprint density at radius 3 is 2.14 bits per heavy atom. The van der Waals surface area contributed by atoms with Crippen molar-refractivity contribution in [2.45, 2.75) is 52.4 Å². The van der Waals surface area contributed by atoms with E-state index in [4.69, 9.17) is 21.1 Å². The average Bonchev–Trinajstić information content (AvgIpc) is 2.58. The van der Waals surface area contributed by atoms with Crippen molar-refractivity contribution in [1.82, 2.24) is 0 Å².